The Bertz CT molecular complexity index is 1020. The maximum Gasteiger partial charge on any atom is 0.219 e. The van der Waals surface area contributed by atoms with E-state index in [9.17, 15) is 5.26 Å². The average molecular weight is 258 g/mol. The highest BCUT2D eigenvalue weighted by Crippen LogP contribution is 2.24. The molecule has 0 radical (unpaired) electrons. The molecular weight excluding hydrogens is 248 g/mol. The third-order valence-electron chi connectivity index (χ3n) is 3.49. The van der Waals surface area contributed by atoms with E-state index < -0.39 is 0 Å². The number of imidazole rings is 1. The lowest BCUT2D eigenvalue weighted by Crippen LogP contribution is -1.98. The fraction of sp³-hybridized carbons (Fsp3) is 0.0625. The van der Waals surface area contributed by atoms with E-state index >= 15 is 0 Å². The van der Waals surface area contributed by atoms with Gasteiger partial charge in [-0.1, -0.05) is 18.2 Å². The largest absolute Gasteiger partial charge is 0.267 e. The Morgan fingerprint density at radius 3 is 2.75 bits per heavy atom. The van der Waals surface area contributed by atoms with Crippen molar-refractivity contribution < 1.29 is 0 Å². The van der Waals surface area contributed by atoms with E-state index in [2.05, 4.69) is 16.0 Å². The summed E-state index contributed by atoms with van der Waals surface area (Å²) in [5.41, 5.74) is 4.50. The zero-order valence-electron chi connectivity index (χ0n) is 10.8. The summed E-state index contributed by atoms with van der Waals surface area (Å²) in [6, 6.07) is 16.0. The summed E-state index contributed by atoms with van der Waals surface area (Å²) >= 11 is 0. The van der Waals surface area contributed by atoms with Gasteiger partial charge in [-0.05, 0) is 36.8 Å². The number of nitrogens with zero attached hydrogens (tertiary/aromatic N) is 4. The Kier molecular flexibility index (Phi) is 2.07. The molecule has 2 aromatic heterocycles. The van der Waals surface area contributed by atoms with E-state index in [1.807, 2.05) is 53.8 Å². The number of aryl methyl sites for hydroxylation is 1. The van der Waals surface area contributed by atoms with Crippen LogP contribution in [0.4, 0.5) is 0 Å². The molecule has 4 aromatic rings. The topological polar surface area (TPSA) is 54.0 Å². The van der Waals surface area contributed by atoms with Gasteiger partial charge in [-0.15, -0.1) is 0 Å². The maximum atomic E-state index is 9.38. The summed E-state index contributed by atoms with van der Waals surface area (Å²) in [6.07, 6.45) is 0. The number of hydrogen-bond acceptors (Lipinski definition) is 3. The summed E-state index contributed by atoms with van der Waals surface area (Å²) in [6.45, 7) is 2.01. The number of rotatable bonds is 0. The first-order valence-corrected chi connectivity index (χ1v) is 6.35. The molecule has 0 bridgehead atoms. The number of aromatic nitrogens is 3. The van der Waals surface area contributed by atoms with Gasteiger partial charge in [0.2, 0.25) is 5.82 Å². The highest BCUT2D eigenvalue weighted by Gasteiger charge is 2.13. The molecule has 0 saturated carbocycles. The van der Waals surface area contributed by atoms with Crippen molar-refractivity contribution in [3.8, 4) is 6.07 Å². The molecule has 94 valence electrons. The highest BCUT2D eigenvalue weighted by molar-refractivity contribution is 5.96. The van der Waals surface area contributed by atoms with Crippen molar-refractivity contribution in [3.63, 3.8) is 0 Å². The lowest BCUT2D eigenvalue weighted by atomic mass is 10.1. The Hall–Kier alpha value is -2.93. The molecule has 0 fully saturated rings. The van der Waals surface area contributed by atoms with Gasteiger partial charge < -0.3 is 0 Å². The molecule has 0 aliphatic rings. The summed E-state index contributed by atoms with van der Waals surface area (Å²) in [7, 11) is 0. The monoisotopic (exact) mass is 258 g/mol. The summed E-state index contributed by atoms with van der Waals surface area (Å²) < 4.78 is 1.83. The molecule has 0 unspecified atom stereocenters. The van der Waals surface area contributed by atoms with E-state index in [1.165, 1.54) is 0 Å². The number of benzene rings is 2. The Morgan fingerprint density at radius 2 is 1.90 bits per heavy atom. The molecule has 4 rings (SSSR count). The fourth-order valence-corrected chi connectivity index (χ4v) is 2.58. The Morgan fingerprint density at radius 1 is 1.05 bits per heavy atom. The minimum Gasteiger partial charge on any atom is -0.267 e. The van der Waals surface area contributed by atoms with Crippen LogP contribution in [-0.4, -0.2) is 14.4 Å². The molecule has 0 spiro atoms. The van der Waals surface area contributed by atoms with Crippen molar-refractivity contribution in [2.75, 3.05) is 0 Å². The van der Waals surface area contributed by atoms with Crippen LogP contribution in [0, 0.1) is 18.3 Å². The second kappa shape index (κ2) is 3.78. The third kappa shape index (κ3) is 1.35. The van der Waals surface area contributed by atoms with Crippen LogP contribution in [0.3, 0.4) is 0 Å². The van der Waals surface area contributed by atoms with Crippen LogP contribution in [0.5, 0.6) is 0 Å². The van der Waals surface area contributed by atoms with Crippen molar-refractivity contribution in [2.45, 2.75) is 6.92 Å². The predicted molar refractivity (Wildman–Crippen MR) is 77.5 cm³/mol. The predicted octanol–water partition coefficient (Wildman–Crippen LogP) is 3.22. The van der Waals surface area contributed by atoms with Crippen molar-refractivity contribution in [3.05, 3.63) is 53.9 Å². The molecule has 4 heteroatoms. The van der Waals surface area contributed by atoms with Gasteiger partial charge in [0.1, 0.15) is 11.7 Å². The quantitative estimate of drug-likeness (QED) is 0.486. The lowest BCUT2D eigenvalue weighted by molar-refractivity contribution is 1.10. The van der Waals surface area contributed by atoms with Gasteiger partial charge in [-0.2, -0.15) is 5.26 Å². The van der Waals surface area contributed by atoms with Crippen LogP contribution < -0.4 is 0 Å². The Labute approximate surface area is 114 Å². The molecule has 0 N–H and O–H groups in total. The van der Waals surface area contributed by atoms with Gasteiger partial charge in [0, 0.05) is 5.39 Å². The summed E-state index contributed by atoms with van der Waals surface area (Å²) in [4.78, 5) is 9.12. The smallest absolute Gasteiger partial charge is 0.219 e. The minimum absolute atomic E-state index is 0.367. The maximum absolute atomic E-state index is 9.38. The normalized spacial score (nSPS) is 11.2. The summed E-state index contributed by atoms with van der Waals surface area (Å²) in [5.74, 6) is 0.367. The second-order valence-corrected chi connectivity index (χ2v) is 4.83. The number of para-hydroxylation sites is 2. The standard InChI is InChI=1S/C16H10N4/c1-10-6-7-11-13(8-10)18-15(9-17)20-14-5-3-2-4-12(14)19-16(11)20/h2-8H,1H3. The minimum atomic E-state index is 0.367. The molecule has 2 heterocycles. The fourth-order valence-electron chi connectivity index (χ4n) is 2.58. The third-order valence-corrected chi connectivity index (χ3v) is 3.49. The first-order valence-electron chi connectivity index (χ1n) is 6.35. The van der Waals surface area contributed by atoms with E-state index in [0.717, 1.165) is 33.1 Å². The summed E-state index contributed by atoms with van der Waals surface area (Å²) in [5, 5.41) is 10.3. The van der Waals surface area contributed by atoms with Gasteiger partial charge in [0.25, 0.3) is 0 Å². The second-order valence-electron chi connectivity index (χ2n) is 4.83. The van der Waals surface area contributed by atoms with Crippen molar-refractivity contribution in [1.82, 2.24) is 14.4 Å². The zero-order chi connectivity index (χ0) is 13.7. The van der Waals surface area contributed by atoms with Gasteiger partial charge in [-0.25, -0.2) is 9.97 Å². The van der Waals surface area contributed by atoms with E-state index in [4.69, 9.17) is 0 Å². The van der Waals surface area contributed by atoms with Crippen LogP contribution in [-0.2, 0) is 0 Å². The molecule has 20 heavy (non-hydrogen) atoms. The van der Waals surface area contributed by atoms with Gasteiger partial charge >= 0.3 is 0 Å². The molecule has 2 aromatic carbocycles. The Balaban J connectivity index is 2.35. The van der Waals surface area contributed by atoms with Crippen LogP contribution in [0.2, 0.25) is 0 Å². The van der Waals surface area contributed by atoms with Crippen molar-refractivity contribution in [1.29, 1.82) is 5.26 Å². The van der Waals surface area contributed by atoms with Gasteiger partial charge in [-0.3, -0.25) is 4.40 Å². The van der Waals surface area contributed by atoms with Crippen molar-refractivity contribution in [2.24, 2.45) is 0 Å². The zero-order valence-corrected chi connectivity index (χ0v) is 10.8. The van der Waals surface area contributed by atoms with Crippen molar-refractivity contribution >= 4 is 27.6 Å². The molecule has 0 amide bonds. The molecule has 0 atom stereocenters. The molecule has 0 aliphatic heterocycles. The van der Waals surface area contributed by atoms with Gasteiger partial charge in [0.15, 0.2) is 0 Å². The van der Waals surface area contributed by atoms with Crippen LogP contribution in [0.25, 0.3) is 27.6 Å². The SMILES string of the molecule is Cc1ccc2c(c1)nc(C#N)n1c3ccccc3nc21. The average Bonchev–Trinajstić information content (AvgIpc) is 2.85. The molecule has 4 nitrogen and oxygen atoms in total. The molecular formula is C16H10N4. The highest BCUT2D eigenvalue weighted by atomic mass is 15.1. The van der Waals surface area contributed by atoms with Gasteiger partial charge in [0.05, 0.1) is 16.6 Å². The first kappa shape index (κ1) is 10.9. The van der Waals surface area contributed by atoms with Crippen LogP contribution >= 0.6 is 0 Å². The van der Waals surface area contributed by atoms with E-state index in [-0.39, 0.29) is 0 Å². The lowest BCUT2D eigenvalue weighted by Gasteiger charge is -2.04. The van der Waals surface area contributed by atoms with E-state index in [1.54, 1.807) is 0 Å². The van der Waals surface area contributed by atoms with Crippen LogP contribution in [0.1, 0.15) is 11.4 Å². The number of fused-ring (bicyclic) bond motifs is 5. The first-order chi connectivity index (χ1) is 9.78. The number of hydrogen-bond donors (Lipinski definition) is 0. The van der Waals surface area contributed by atoms with E-state index in [0.29, 0.717) is 5.82 Å². The molecule has 0 aliphatic carbocycles. The molecule has 0 saturated heterocycles. The van der Waals surface area contributed by atoms with Crippen LogP contribution in [0.15, 0.2) is 42.5 Å². The number of nitriles is 1.